The number of pyridine rings is 1. The van der Waals surface area contributed by atoms with Crippen molar-refractivity contribution in [3.05, 3.63) is 37.0 Å². The number of nitriles is 2. The van der Waals surface area contributed by atoms with E-state index in [1.165, 1.54) is 11.3 Å². The van der Waals surface area contributed by atoms with Crippen molar-refractivity contribution in [2.24, 2.45) is 0 Å². The number of hydrogen-bond acceptors (Lipinski definition) is 5. The van der Waals surface area contributed by atoms with Crippen LogP contribution in [0.2, 0.25) is 0 Å². The Labute approximate surface area is 149 Å². The highest BCUT2D eigenvalue weighted by Crippen LogP contribution is 2.45. The Morgan fingerprint density at radius 1 is 1.00 bits per heavy atom. The summed E-state index contributed by atoms with van der Waals surface area (Å²) in [5.74, 6) is 0. The van der Waals surface area contributed by atoms with Gasteiger partial charge in [-0.1, -0.05) is 0 Å². The number of aromatic nitrogens is 1. The Hall–Kier alpha value is -1.51. The van der Waals surface area contributed by atoms with Crippen molar-refractivity contribution in [1.29, 1.82) is 10.5 Å². The topological polar surface area (TPSA) is 60.5 Å². The molecule has 0 aliphatic carbocycles. The van der Waals surface area contributed by atoms with Gasteiger partial charge in [0.25, 0.3) is 0 Å². The van der Waals surface area contributed by atoms with Crippen molar-refractivity contribution < 1.29 is 0 Å². The van der Waals surface area contributed by atoms with Crippen LogP contribution in [0.1, 0.15) is 10.4 Å². The normalized spacial score (nSPS) is 11.1. The largest absolute Gasteiger partial charge is 0.254 e. The quantitative estimate of drug-likeness (QED) is 0.334. The lowest BCUT2D eigenvalue weighted by Gasteiger charge is -2.03. The molecule has 0 aliphatic heterocycles. The fraction of sp³-hybridized carbons (Fsp3) is 0. The van der Waals surface area contributed by atoms with Gasteiger partial charge in [0.15, 0.2) is 0 Å². The van der Waals surface area contributed by atoms with Crippen LogP contribution in [0.15, 0.2) is 26.6 Å². The van der Waals surface area contributed by atoms with Crippen LogP contribution in [-0.4, -0.2) is 4.98 Å². The molecule has 3 nitrogen and oxygen atoms in total. The molecule has 0 N–H and O–H groups in total. The summed E-state index contributed by atoms with van der Waals surface area (Å²) in [4.78, 5) is 4.96. The van der Waals surface area contributed by atoms with Crippen LogP contribution in [0.5, 0.6) is 0 Å². The van der Waals surface area contributed by atoms with Gasteiger partial charge in [-0.15, -0.1) is 22.7 Å². The average Bonchev–Trinajstić information content (AvgIpc) is 3.07. The molecule has 0 saturated heterocycles. The molecule has 3 aromatic heterocycles. The molecule has 0 saturated carbocycles. The van der Waals surface area contributed by atoms with Gasteiger partial charge in [-0.3, -0.25) is 4.98 Å². The minimum Gasteiger partial charge on any atom is -0.254 e. The molecule has 7 heteroatoms. The molecule has 0 atom stereocenters. The molecule has 0 aliphatic rings. The standard InChI is InChI=1S/C15H3Br2N3S2/c16-6-1-7-8-2-11(17)22-14(8)15-12(13(7)20-5-6)9(3-18)10(4-19)21-15/h1-2,5H. The molecule has 0 amide bonds. The minimum absolute atomic E-state index is 0.425. The maximum absolute atomic E-state index is 9.49. The van der Waals surface area contributed by atoms with Crippen molar-refractivity contribution >= 4 is 85.6 Å². The van der Waals surface area contributed by atoms with E-state index in [2.05, 4.69) is 55.0 Å². The lowest BCUT2D eigenvalue weighted by Crippen LogP contribution is -1.84. The zero-order valence-corrected chi connectivity index (χ0v) is 15.5. The second-order valence-electron chi connectivity index (χ2n) is 4.58. The van der Waals surface area contributed by atoms with Gasteiger partial charge in [0, 0.05) is 26.8 Å². The van der Waals surface area contributed by atoms with Crippen LogP contribution >= 0.6 is 54.5 Å². The molecule has 3 heterocycles. The summed E-state index contributed by atoms with van der Waals surface area (Å²) in [6.45, 7) is 0. The first-order valence-corrected chi connectivity index (χ1v) is 9.29. The number of rotatable bonds is 0. The van der Waals surface area contributed by atoms with Gasteiger partial charge in [-0.25, -0.2) is 0 Å². The molecule has 0 unspecified atom stereocenters. The first-order valence-electron chi connectivity index (χ1n) is 6.07. The molecule has 1 aromatic carbocycles. The van der Waals surface area contributed by atoms with E-state index < -0.39 is 0 Å². The first kappa shape index (κ1) is 14.1. The SMILES string of the molecule is N#Cc1sc2c3sc(Br)cc3c3cc(Br)cnc3c2c1C#N. The molecular weight excluding hydrogens is 446 g/mol. The monoisotopic (exact) mass is 447 g/mol. The fourth-order valence-electron chi connectivity index (χ4n) is 2.58. The van der Waals surface area contributed by atoms with Crippen molar-refractivity contribution in [3.8, 4) is 12.1 Å². The molecule has 4 aromatic rings. The molecule has 22 heavy (non-hydrogen) atoms. The highest BCUT2D eigenvalue weighted by molar-refractivity contribution is 9.11. The van der Waals surface area contributed by atoms with Gasteiger partial charge in [-0.05, 0) is 44.0 Å². The second kappa shape index (κ2) is 5.00. The number of nitrogens with zero attached hydrogens (tertiary/aromatic N) is 3. The fourth-order valence-corrected chi connectivity index (χ4v) is 5.72. The van der Waals surface area contributed by atoms with Crippen LogP contribution in [0, 0.1) is 22.7 Å². The zero-order valence-electron chi connectivity index (χ0n) is 10.6. The highest BCUT2D eigenvalue weighted by atomic mass is 79.9. The van der Waals surface area contributed by atoms with Gasteiger partial charge in [0.05, 0.1) is 24.3 Å². The third-order valence-electron chi connectivity index (χ3n) is 3.41. The predicted octanol–water partition coefficient (Wildman–Crippen LogP) is 5.93. The van der Waals surface area contributed by atoms with Gasteiger partial charge in [0.2, 0.25) is 0 Å². The zero-order chi connectivity index (χ0) is 15.4. The summed E-state index contributed by atoms with van der Waals surface area (Å²) < 4.78 is 3.94. The molecule has 0 radical (unpaired) electrons. The Balaban J connectivity index is 2.43. The summed E-state index contributed by atoms with van der Waals surface area (Å²) in [6.07, 6.45) is 1.72. The highest BCUT2D eigenvalue weighted by Gasteiger charge is 2.20. The van der Waals surface area contributed by atoms with E-state index in [1.54, 1.807) is 17.5 Å². The lowest BCUT2D eigenvalue weighted by molar-refractivity contribution is 1.41. The number of halogens is 2. The maximum Gasteiger partial charge on any atom is 0.123 e. The Morgan fingerprint density at radius 3 is 2.55 bits per heavy atom. The summed E-state index contributed by atoms with van der Waals surface area (Å²) in [5.41, 5.74) is 1.19. The molecule has 0 spiro atoms. The van der Waals surface area contributed by atoms with E-state index in [0.717, 1.165) is 39.3 Å². The van der Waals surface area contributed by atoms with E-state index in [0.29, 0.717) is 10.4 Å². The molecule has 0 fully saturated rings. The number of thiophene rings is 2. The number of hydrogen-bond donors (Lipinski definition) is 0. The third kappa shape index (κ3) is 1.84. The first-order chi connectivity index (χ1) is 10.6. The van der Waals surface area contributed by atoms with Crippen LogP contribution in [0.4, 0.5) is 0 Å². The molecule has 0 bridgehead atoms. The van der Waals surface area contributed by atoms with Crippen LogP contribution in [0.3, 0.4) is 0 Å². The number of benzene rings is 1. The average molecular weight is 449 g/mol. The van der Waals surface area contributed by atoms with Crippen molar-refractivity contribution in [2.75, 3.05) is 0 Å². The third-order valence-corrected chi connectivity index (χ3v) is 6.74. The van der Waals surface area contributed by atoms with Crippen molar-refractivity contribution in [3.63, 3.8) is 0 Å². The van der Waals surface area contributed by atoms with Crippen LogP contribution in [0.25, 0.3) is 31.1 Å². The summed E-state index contributed by atoms with van der Waals surface area (Å²) in [7, 11) is 0. The second-order valence-corrected chi connectivity index (χ2v) is 8.94. The van der Waals surface area contributed by atoms with E-state index in [9.17, 15) is 10.5 Å². The van der Waals surface area contributed by atoms with E-state index >= 15 is 0 Å². The van der Waals surface area contributed by atoms with Crippen molar-refractivity contribution in [2.45, 2.75) is 0 Å². The Bertz CT molecular complexity index is 1180. The van der Waals surface area contributed by atoms with Crippen molar-refractivity contribution in [1.82, 2.24) is 4.98 Å². The van der Waals surface area contributed by atoms with E-state index in [1.807, 2.05) is 6.07 Å². The minimum atomic E-state index is 0.425. The van der Waals surface area contributed by atoms with E-state index in [-0.39, 0.29) is 0 Å². The maximum atomic E-state index is 9.49. The summed E-state index contributed by atoms with van der Waals surface area (Å²) in [6, 6.07) is 8.38. The molecule has 104 valence electrons. The predicted molar refractivity (Wildman–Crippen MR) is 97.3 cm³/mol. The smallest absolute Gasteiger partial charge is 0.123 e. The van der Waals surface area contributed by atoms with Gasteiger partial charge in [0.1, 0.15) is 17.0 Å². The molecular formula is C15H3Br2N3S2. The number of fused-ring (bicyclic) bond motifs is 6. The summed E-state index contributed by atoms with van der Waals surface area (Å²) in [5, 5.41) is 21.7. The van der Waals surface area contributed by atoms with Crippen LogP contribution < -0.4 is 0 Å². The van der Waals surface area contributed by atoms with Gasteiger partial charge < -0.3 is 0 Å². The van der Waals surface area contributed by atoms with Gasteiger partial charge >= 0.3 is 0 Å². The van der Waals surface area contributed by atoms with Gasteiger partial charge in [-0.2, -0.15) is 10.5 Å². The lowest BCUT2D eigenvalue weighted by atomic mass is 10.0. The molecule has 4 rings (SSSR count). The Kier molecular flexibility index (Phi) is 3.21. The Morgan fingerprint density at radius 2 is 1.82 bits per heavy atom. The summed E-state index contributed by atoms with van der Waals surface area (Å²) >= 11 is 9.97. The van der Waals surface area contributed by atoms with E-state index in [4.69, 9.17) is 0 Å². The van der Waals surface area contributed by atoms with Crippen LogP contribution in [-0.2, 0) is 0 Å².